The quantitative estimate of drug-likeness (QED) is 0.873. The molecule has 0 aromatic carbocycles. The number of carbonyl (C=O) groups is 1. The molecule has 0 spiro atoms. The normalized spacial score (nSPS) is 19.5. The van der Waals surface area contributed by atoms with Gasteiger partial charge in [0.15, 0.2) is 0 Å². The second kappa shape index (κ2) is 6.55. The van der Waals surface area contributed by atoms with Gasteiger partial charge in [-0.15, -0.1) is 0 Å². The summed E-state index contributed by atoms with van der Waals surface area (Å²) in [5.41, 5.74) is 0.395. The summed E-state index contributed by atoms with van der Waals surface area (Å²) in [5, 5.41) is 9.57. The predicted octanol–water partition coefficient (Wildman–Crippen LogP) is 2.62. The standard InChI is InChI=1S/C13H16Cl2N2O2/c14-11-7-16-12(15)6-10(11)13(19)17-4-1-2-9(8-17)3-5-18/h6-7,9,18H,1-5,8H2. The van der Waals surface area contributed by atoms with Crippen molar-refractivity contribution >= 4 is 29.1 Å². The third-order valence-corrected chi connectivity index (χ3v) is 3.90. The molecule has 0 saturated carbocycles. The molecule has 1 aliphatic rings. The molecular weight excluding hydrogens is 287 g/mol. The number of hydrogen-bond acceptors (Lipinski definition) is 3. The zero-order valence-electron chi connectivity index (χ0n) is 10.5. The minimum absolute atomic E-state index is 0.114. The molecule has 19 heavy (non-hydrogen) atoms. The molecule has 1 amide bonds. The van der Waals surface area contributed by atoms with Crippen LogP contribution in [-0.2, 0) is 0 Å². The minimum atomic E-state index is -0.114. The molecule has 0 aliphatic carbocycles. The Morgan fingerprint density at radius 2 is 2.32 bits per heavy atom. The third-order valence-electron chi connectivity index (χ3n) is 3.40. The SMILES string of the molecule is O=C(c1cc(Cl)ncc1Cl)N1CCCC(CCO)C1. The molecule has 1 N–H and O–H groups in total. The summed E-state index contributed by atoms with van der Waals surface area (Å²) in [5.74, 6) is 0.246. The lowest BCUT2D eigenvalue weighted by Gasteiger charge is -2.32. The molecular formula is C13H16Cl2N2O2. The number of nitrogens with zero attached hydrogens (tertiary/aromatic N) is 2. The van der Waals surface area contributed by atoms with Gasteiger partial charge in [0.2, 0.25) is 0 Å². The van der Waals surface area contributed by atoms with Crippen LogP contribution in [0, 0.1) is 5.92 Å². The van der Waals surface area contributed by atoms with Gasteiger partial charge in [0.05, 0.1) is 10.6 Å². The van der Waals surface area contributed by atoms with E-state index in [0.29, 0.717) is 23.0 Å². The number of amides is 1. The molecule has 1 atom stereocenters. The lowest BCUT2D eigenvalue weighted by atomic mass is 9.95. The monoisotopic (exact) mass is 302 g/mol. The molecule has 104 valence electrons. The summed E-state index contributed by atoms with van der Waals surface area (Å²) >= 11 is 11.8. The average molecular weight is 303 g/mol. The summed E-state index contributed by atoms with van der Waals surface area (Å²) in [4.78, 5) is 18.0. The number of aliphatic hydroxyl groups is 1. The van der Waals surface area contributed by atoms with Gasteiger partial charge in [-0.25, -0.2) is 4.98 Å². The first-order chi connectivity index (χ1) is 9.11. The summed E-state index contributed by atoms with van der Waals surface area (Å²) in [6.45, 7) is 1.54. The molecule has 0 radical (unpaired) electrons. The molecule has 1 aromatic heterocycles. The van der Waals surface area contributed by atoms with Crippen molar-refractivity contribution in [2.45, 2.75) is 19.3 Å². The number of rotatable bonds is 3. The zero-order chi connectivity index (χ0) is 13.8. The molecule has 6 heteroatoms. The van der Waals surface area contributed by atoms with E-state index in [0.717, 1.165) is 25.8 Å². The van der Waals surface area contributed by atoms with Gasteiger partial charge in [0, 0.05) is 25.9 Å². The number of pyridine rings is 1. The number of likely N-dealkylation sites (tertiary alicyclic amines) is 1. The van der Waals surface area contributed by atoms with Crippen molar-refractivity contribution in [1.82, 2.24) is 9.88 Å². The Morgan fingerprint density at radius 3 is 3.05 bits per heavy atom. The van der Waals surface area contributed by atoms with E-state index >= 15 is 0 Å². The number of halogens is 2. The summed E-state index contributed by atoms with van der Waals surface area (Å²) in [6, 6.07) is 1.50. The van der Waals surface area contributed by atoms with E-state index in [9.17, 15) is 4.79 Å². The fraction of sp³-hybridized carbons (Fsp3) is 0.538. The Labute approximate surface area is 122 Å². The van der Waals surface area contributed by atoms with Crippen LogP contribution in [0.1, 0.15) is 29.6 Å². The van der Waals surface area contributed by atoms with Crippen LogP contribution in [0.25, 0.3) is 0 Å². The lowest BCUT2D eigenvalue weighted by Crippen LogP contribution is -2.40. The average Bonchev–Trinajstić information content (AvgIpc) is 2.41. The molecule has 1 fully saturated rings. The van der Waals surface area contributed by atoms with Gasteiger partial charge in [-0.3, -0.25) is 4.79 Å². The van der Waals surface area contributed by atoms with E-state index in [1.165, 1.54) is 12.3 Å². The second-order valence-corrected chi connectivity index (χ2v) is 5.55. The van der Waals surface area contributed by atoms with Crippen LogP contribution in [0.5, 0.6) is 0 Å². The fourth-order valence-corrected chi connectivity index (χ4v) is 2.76. The van der Waals surface area contributed by atoms with Gasteiger partial charge >= 0.3 is 0 Å². The van der Waals surface area contributed by atoms with Crippen molar-refractivity contribution in [2.24, 2.45) is 5.92 Å². The first-order valence-corrected chi connectivity index (χ1v) is 7.08. The zero-order valence-corrected chi connectivity index (χ0v) is 12.0. The molecule has 1 aliphatic heterocycles. The van der Waals surface area contributed by atoms with Crippen molar-refractivity contribution in [3.8, 4) is 0 Å². The van der Waals surface area contributed by atoms with Gasteiger partial charge in [-0.2, -0.15) is 0 Å². The van der Waals surface area contributed by atoms with E-state index in [-0.39, 0.29) is 17.7 Å². The van der Waals surface area contributed by atoms with E-state index in [2.05, 4.69) is 4.98 Å². The summed E-state index contributed by atoms with van der Waals surface area (Å²) in [6.07, 6.45) is 4.13. The van der Waals surface area contributed by atoms with Crippen LogP contribution in [0.4, 0.5) is 0 Å². The highest BCUT2D eigenvalue weighted by Gasteiger charge is 2.25. The van der Waals surface area contributed by atoms with Crippen molar-refractivity contribution in [3.63, 3.8) is 0 Å². The van der Waals surface area contributed by atoms with Gasteiger partial charge in [0.25, 0.3) is 5.91 Å². The Kier molecular flexibility index (Phi) is 5.02. The number of aromatic nitrogens is 1. The molecule has 1 aromatic rings. The fourth-order valence-electron chi connectivity index (χ4n) is 2.42. The molecule has 1 saturated heterocycles. The third kappa shape index (κ3) is 3.59. The van der Waals surface area contributed by atoms with Crippen LogP contribution >= 0.6 is 23.2 Å². The molecule has 0 bridgehead atoms. The Morgan fingerprint density at radius 1 is 1.53 bits per heavy atom. The van der Waals surface area contributed by atoms with Crippen molar-refractivity contribution in [3.05, 3.63) is 28.0 Å². The summed E-state index contributed by atoms with van der Waals surface area (Å²) < 4.78 is 0. The van der Waals surface area contributed by atoms with Gasteiger partial charge in [-0.05, 0) is 31.2 Å². The maximum atomic E-state index is 12.4. The maximum Gasteiger partial charge on any atom is 0.255 e. The predicted molar refractivity (Wildman–Crippen MR) is 74.6 cm³/mol. The first kappa shape index (κ1) is 14.6. The van der Waals surface area contributed by atoms with Crippen LogP contribution in [0.2, 0.25) is 10.2 Å². The minimum Gasteiger partial charge on any atom is -0.396 e. The first-order valence-electron chi connectivity index (χ1n) is 6.33. The Balaban J connectivity index is 2.12. The van der Waals surface area contributed by atoms with Gasteiger partial charge < -0.3 is 10.0 Å². The highest BCUT2D eigenvalue weighted by atomic mass is 35.5. The Bertz CT molecular complexity index is 466. The Hall–Kier alpha value is -0.840. The highest BCUT2D eigenvalue weighted by molar-refractivity contribution is 6.35. The highest BCUT2D eigenvalue weighted by Crippen LogP contribution is 2.24. The van der Waals surface area contributed by atoms with Crippen molar-refractivity contribution < 1.29 is 9.90 Å². The number of carbonyl (C=O) groups excluding carboxylic acids is 1. The second-order valence-electron chi connectivity index (χ2n) is 4.76. The van der Waals surface area contributed by atoms with E-state index < -0.39 is 0 Å². The van der Waals surface area contributed by atoms with Gasteiger partial charge in [0.1, 0.15) is 5.15 Å². The van der Waals surface area contributed by atoms with Crippen LogP contribution < -0.4 is 0 Å². The van der Waals surface area contributed by atoms with E-state index in [1.54, 1.807) is 4.90 Å². The largest absolute Gasteiger partial charge is 0.396 e. The van der Waals surface area contributed by atoms with Crippen LogP contribution in [-0.4, -0.2) is 40.6 Å². The maximum absolute atomic E-state index is 12.4. The van der Waals surface area contributed by atoms with Crippen molar-refractivity contribution in [2.75, 3.05) is 19.7 Å². The molecule has 2 rings (SSSR count). The summed E-state index contributed by atoms with van der Waals surface area (Å²) in [7, 11) is 0. The van der Waals surface area contributed by atoms with Crippen molar-refractivity contribution in [1.29, 1.82) is 0 Å². The van der Waals surface area contributed by atoms with Crippen LogP contribution in [0.15, 0.2) is 12.3 Å². The number of aliphatic hydroxyl groups excluding tert-OH is 1. The molecule has 4 nitrogen and oxygen atoms in total. The van der Waals surface area contributed by atoms with Gasteiger partial charge in [-0.1, -0.05) is 23.2 Å². The number of piperidine rings is 1. The smallest absolute Gasteiger partial charge is 0.255 e. The topological polar surface area (TPSA) is 53.4 Å². The van der Waals surface area contributed by atoms with Crippen LogP contribution in [0.3, 0.4) is 0 Å². The van der Waals surface area contributed by atoms with E-state index in [1.807, 2.05) is 0 Å². The lowest BCUT2D eigenvalue weighted by molar-refractivity contribution is 0.0653. The molecule has 2 heterocycles. The molecule has 1 unspecified atom stereocenters. The number of hydrogen-bond donors (Lipinski definition) is 1. The van der Waals surface area contributed by atoms with E-state index in [4.69, 9.17) is 28.3 Å².